The summed E-state index contributed by atoms with van der Waals surface area (Å²) in [5, 5.41) is 6.18. The molecule has 1 aliphatic rings. The van der Waals surface area contributed by atoms with Crippen molar-refractivity contribution in [1.82, 2.24) is 10.6 Å². The highest BCUT2D eigenvalue weighted by molar-refractivity contribution is 5.78. The van der Waals surface area contributed by atoms with Crippen LogP contribution in [0.4, 0.5) is 0 Å². The fourth-order valence-corrected chi connectivity index (χ4v) is 2.60. The summed E-state index contributed by atoms with van der Waals surface area (Å²) in [6, 6.07) is 0.133. The maximum Gasteiger partial charge on any atom is 0.306 e. The van der Waals surface area contributed by atoms with Gasteiger partial charge in [0.05, 0.1) is 13.0 Å². The molecule has 5 nitrogen and oxygen atoms in total. The molecule has 1 heterocycles. The molecule has 1 saturated heterocycles. The van der Waals surface area contributed by atoms with E-state index in [1.165, 1.54) is 0 Å². The highest BCUT2D eigenvalue weighted by Gasteiger charge is 2.37. The molecule has 0 spiro atoms. The maximum atomic E-state index is 12.0. The first kappa shape index (κ1) is 16.0. The second kappa shape index (κ2) is 7.48. The molecule has 0 aromatic carbocycles. The molecule has 2 N–H and O–H groups in total. The first-order valence-corrected chi connectivity index (χ1v) is 7.13. The van der Waals surface area contributed by atoms with E-state index in [1.54, 1.807) is 6.92 Å². The van der Waals surface area contributed by atoms with Crippen LogP contribution >= 0.6 is 0 Å². The number of amides is 1. The van der Waals surface area contributed by atoms with E-state index < -0.39 is 0 Å². The Labute approximate surface area is 115 Å². The molecule has 0 aliphatic carbocycles. The number of ether oxygens (including phenoxy) is 1. The van der Waals surface area contributed by atoms with Crippen molar-refractivity contribution in [3.05, 3.63) is 0 Å². The van der Waals surface area contributed by atoms with Crippen molar-refractivity contribution in [1.29, 1.82) is 0 Å². The Kier molecular flexibility index (Phi) is 6.28. The predicted molar refractivity (Wildman–Crippen MR) is 73.7 cm³/mol. The molecule has 0 aromatic rings. The van der Waals surface area contributed by atoms with Gasteiger partial charge in [-0.15, -0.1) is 0 Å². The van der Waals surface area contributed by atoms with Crippen molar-refractivity contribution in [3.8, 4) is 0 Å². The summed E-state index contributed by atoms with van der Waals surface area (Å²) in [6.07, 6.45) is 2.44. The van der Waals surface area contributed by atoms with Crippen LogP contribution in [-0.4, -0.2) is 37.6 Å². The highest BCUT2D eigenvalue weighted by atomic mass is 16.5. The van der Waals surface area contributed by atoms with Crippen LogP contribution in [-0.2, 0) is 14.3 Å². The van der Waals surface area contributed by atoms with Gasteiger partial charge in [-0.25, -0.2) is 0 Å². The molecule has 1 fully saturated rings. The molecule has 0 aromatic heterocycles. The number of rotatable bonds is 6. The summed E-state index contributed by atoms with van der Waals surface area (Å²) >= 11 is 0. The third kappa shape index (κ3) is 5.59. The van der Waals surface area contributed by atoms with Crippen LogP contribution in [0.2, 0.25) is 0 Å². The van der Waals surface area contributed by atoms with Crippen LogP contribution in [0.3, 0.4) is 0 Å². The van der Waals surface area contributed by atoms with Gasteiger partial charge in [-0.2, -0.15) is 0 Å². The van der Waals surface area contributed by atoms with E-state index >= 15 is 0 Å². The first-order chi connectivity index (χ1) is 8.97. The summed E-state index contributed by atoms with van der Waals surface area (Å²) in [5.41, 5.74) is -0.240. The second-order valence-corrected chi connectivity index (χ2v) is 5.63. The van der Waals surface area contributed by atoms with Gasteiger partial charge in [0.1, 0.15) is 0 Å². The Morgan fingerprint density at radius 2 is 1.89 bits per heavy atom. The molecule has 5 heteroatoms. The number of carbonyl (C=O) groups is 2. The fraction of sp³-hybridized carbons (Fsp3) is 0.857. The summed E-state index contributed by atoms with van der Waals surface area (Å²) < 4.78 is 5.04. The number of hydrogen-bond acceptors (Lipinski definition) is 4. The van der Waals surface area contributed by atoms with Gasteiger partial charge in [0, 0.05) is 12.5 Å². The maximum absolute atomic E-state index is 12.0. The van der Waals surface area contributed by atoms with Gasteiger partial charge in [0.15, 0.2) is 0 Å². The molecule has 19 heavy (non-hydrogen) atoms. The van der Waals surface area contributed by atoms with Crippen LogP contribution in [0.15, 0.2) is 0 Å². The predicted octanol–water partition coefficient (Wildman–Crippen LogP) is 1.22. The summed E-state index contributed by atoms with van der Waals surface area (Å²) in [6.45, 7) is 7.79. The van der Waals surface area contributed by atoms with Crippen LogP contribution in [0.5, 0.6) is 0 Å². The topological polar surface area (TPSA) is 67.4 Å². The highest BCUT2D eigenvalue weighted by Crippen LogP contribution is 2.36. The van der Waals surface area contributed by atoms with Crippen molar-refractivity contribution >= 4 is 11.9 Å². The van der Waals surface area contributed by atoms with Crippen molar-refractivity contribution in [2.75, 3.05) is 19.7 Å². The van der Waals surface area contributed by atoms with E-state index in [0.29, 0.717) is 19.4 Å². The number of nitrogens with one attached hydrogen (secondary N) is 2. The minimum Gasteiger partial charge on any atom is -0.466 e. The zero-order chi connectivity index (χ0) is 14.3. The van der Waals surface area contributed by atoms with Crippen molar-refractivity contribution < 1.29 is 14.3 Å². The molecule has 0 bridgehead atoms. The monoisotopic (exact) mass is 270 g/mol. The lowest BCUT2D eigenvalue weighted by atomic mass is 9.73. The summed E-state index contributed by atoms with van der Waals surface area (Å²) in [4.78, 5) is 23.7. The third-order valence-corrected chi connectivity index (χ3v) is 3.47. The lowest BCUT2D eigenvalue weighted by Gasteiger charge is -2.36. The summed E-state index contributed by atoms with van der Waals surface area (Å²) in [7, 11) is 0. The number of piperidine rings is 1. The average Bonchev–Trinajstić information content (AvgIpc) is 2.28. The van der Waals surface area contributed by atoms with Crippen LogP contribution in [0, 0.1) is 5.41 Å². The molecule has 0 radical (unpaired) electrons. The molecular formula is C14H26N2O3. The lowest BCUT2D eigenvalue weighted by molar-refractivity contribution is -0.147. The van der Waals surface area contributed by atoms with Crippen molar-refractivity contribution in [2.24, 2.45) is 5.41 Å². The van der Waals surface area contributed by atoms with E-state index in [4.69, 9.17) is 4.74 Å². The van der Waals surface area contributed by atoms with E-state index in [9.17, 15) is 9.59 Å². The Balaban J connectivity index is 2.64. The molecular weight excluding hydrogens is 244 g/mol. The van der Waals surface area contributed by atoms with E-state index in [-0.39, 0.29) is 23.3 Å². The molecule has 0 unspecified atom stereocenters. The molecule has 0 atom stereocenters. The zero-order valence-corrected chi connectivity index (χ0v) is 12.3. The SMILES string of the molecule is CCOC(=O)CC1(CC(=O)NC(C)C)CCNCC1. The van der Waals surface area contributed by atoms with Crippen molar-refractivity contribution in [3.63, 3.8) is 0 Å². The van der Waals surface area contributed by atoms with Gasteiger partial charge >= 0.3 is 5.97 Å². The number of esters is 1. The minimum atomic E-state index is -0.240. The van der Waals surface area contributed by atoms with Crippen LogP contribution < -0.4 is 10.6 Å². The minimum absolute atomic E-state index is 0.0289. The smallest absolute Gasteiger partial charge is 0.306 e. The molecule has 1 aliphatic heterocycles. The Morgan fingerprint density at radius 3 is 2.42 bits per heavy atom. The third-order valence-electron chi connectivity index (χ3n) is 3.47. The largest absolute Gasteiger partial charge is 0.466 e. The summed E-state index contributed by atoms with van der Waals surface area (Å²) in [5.74, 6) is -0.164. The number of hydrogen-bond donors (Lipinski definition) is 2. The van der Waals surface area contributed by atoms with Gasteiger partial charge in [0.25, 0.3) is 0 Å². The van der Waals surface area contributed by atoms with Gasteiger partial charge in [0.2, 0.25) is 5.91 Å². The van der Waals surface area contributed by atoms with Gasteiger partial charge < -0.3 is 15.4 Å². The molecule has 1 rings (SSSR count). The number of carbonyl (C=O) groups excluding carboxylic acids is 2. The van der Waals surface area contributed by atoms with E-state index in [0.717, 1.165) is 25.9 Å². The van der Waals surface area contributed by atoms with Crippen molar-refractivity contribution in [2.45, 2.75) is 52.5 Å². The Bertz CT molecular complexity index is 310. The molecule has 110 valence electrons. The van der Waals surface area contributed by atoms with Gasteiger partial charge in [-0.05, 0) is 52.1 Å². The average molecular weight is 270 g/mol. The van der Waals surface area contributed by atoms with Gasteiger partial charge in [-0.1, -0.05) is 0 Å². The Hall–Kier alpha value is -1.10. The first-order valence-electron chi connectivity index (χ1n) is 7.13. The zero-order valence-electron chi connectivity index (χ0n) is 12.3. The van der Waals surface area contributed by atoms with E-state index in [2.05, 4.69) is 10.6 Å². The molecule has 1 amide bonds. The van der Waals surface area contributed by atoms with Gasteiger partial charge in [-0.3, -0.25) is 9.59 Å². The second-order valence-electron chi connectivity index (χ2n) is 5.63. The van der Waals surface area contributed by atoms with Crippen LogP contribution in [0.25, 0.3) is 0 Å². The fourth-order valence-electron chi connectivity index (χ4n) is 2.60. The van der Waals surface area contributed by atoms with E-state index in [1.807, 2.05) is 13.8 Å². The standard InChI is InChI=1S/C14H26N2O3/c1-4-19-13(18)10-14(5-7-15-8-6-14)9-12(17)16-11(2)3/h11,15H,4-10H2,1-3H3,(H,16,17). The normalized spacial score (nSPS) is 18.1. The Morgan fingerprint density at radius 1 is 1.26 bits per heavy atom. The lowest BCUT2D eigenvalue weighted by Crippen LogP contribution is -2.43. The van der Waals surface area contributed by atoms with Crippen LogP contribution in [0.1, 0.15) is 46.5 Å². The molecule has 0 saturated carbocycles. The quantitative estimate of drug-likeness (QED) is 0.712.